The van der Waals surface area contributed by atoms with Gasteiger partial charge in [0, 0.05) is 6.20 Å². The third-order valence-corrected chi connectivity index (χ3v) is 3.50. The van der Waals surface area contributed by atoms with Crippen molar-refractivity contribution in [1.29, 1.82) is 0 Å². The van der Waals surface area contributed by atoms with Crippen LogP contribution < -0.4 is 15.8 Å². The van der Waals surface area contributed by atoms with Gasteiger partial charge in [-0.3, -0.25) is 5.32 Å². The van der Waals surface area contributed by atoms with Gasteiger partial charge < -0.3 is 10.5 Å². The zero-order valence-electron chi connectivity index (χ0n) is 10.8. The molecule has 1 aromatic carbocycles. The summed E-state index contributed by atoms with van der Waals surface area (Å²) in [7, 11) is 0. The van der Waals surface area contributed by atoms with Crippen LogP contribution in [0, 0.1) is 0 Å². The number of benzene rings is 1. The number of nitrogens with one attached hydrogen (secondary N) is 1. The Hall–Kier alpha value is -2.41. The summed E-state index contributed by atoms with van der Waals surface area (Å²) in [4.78, 5) is 12.6. The number of nitrogen functional groups attached to an aromatic ring is 1. The number of thiazole rings is 1. The van der Waals surface area contributed by atoms with Gasteiger partial charge in [0.1, 0.15) is 11.6 Å². The predicted octanol–water partition coefficient (Wildman–Crippen LogP) is 2.81. The highest BCUT2D eigenvalue weighted by molar-refractivity contribution is 7.22. The van der Waals surface area contributed by atoms with Gasteiger partial charge in [-0.25, -0.2) is 9.97 Å². The number of fused-ring (bicyclic) bond motifs is 1. The Labute approximate surface area is 119 Å². The van der Waals surface area contributed by atoms with Gasteiger partial charge in [0.2, 0.25) is 5.95 Å². The second kappa shape index (κ2) is 5.30. The van der Waals surface area contributed by atoms with Crippen molar-refractivity contribution in [3.05, 3.63) is 30.5 Å². The quantitative estimate of drug-likeness (QED) is 0.767. The molecule has 2 aromatic heterocycles. The number of hydrogen-bond donors (Lipinski definition) is 2. The number of anilines is 3. The van der Waals surface area contributed by atoms with Gasteiger partial charge in [0.05, 0.1) is 16.8 Å². The molecule has 0 aliphatic carbocycles. The average molecular weight is 287 g/mol. The topological polar surface area (TPSA) is 86.0 Å². The highest BCUT2D eigenvalue weighted by Crippen LogP contribution is 2.30. The lowest BCUT2D eigenvalue weighted by Gasteiger charge is -2.00. The van der Waals surface area contributed by atoms with Crippen molar-refractivity contribution < 1.29 is 4.74 Å². The van der Waals surface area contributed by atoms with E-state index in [0.29, 0.717) is 18.4 Å². The molecule has 7 heteroatoms. The van der Waals surface area contributed by atoms with Crippen LogP contribution in [0.25, 0.3) is 10.2 Å². The monoisotopic (exact) mass is 287 g/mol. The van der Waals surface area contributed by atoms with Crippen LogP contribution in [0.15, 0.2) is 30.5 Å². The molecule has 0 saturated carbocycles. The second-order valence-electron chi connectivity index (χ2n) is 4.01. The van der Waals surface area contributed by atoms with Gasteiger partial charge in [-0.15, -0.1) is 0 Å². The summed E-state index contributed by atoms with van der Waals surface area (Å²) in [5.74, 6) is 1.70. The van der Waals surface area contributed by atoms with E-state index in [1.54, 1.807) is 12.3 Å². The fourth-order valence-corrected chi connectivity index (χ4v) is 2.63. The Balaban J connectivity index is 1.89. The van der Waals surface area contributed by atoms with E-state index in [4.69, 9.17) is 10.5 Å². The van der Waals surface area contributed by atoms with E-state index in [-0.39, 0.29) is 0 Å². The van der Waals surface area contributed by atoms with E-state index in [9.17, 15) is 0 Å². The minimum atomic E-state index is 0.419. The maximum atomic E-state index is 5.62. The highest BCUT2D eigenvalue weighted by atomic mass is 32.1. The fourth-order valence-electron chi connectivity index (χ4n) is 1.74. The Morgan fingerprint density at radius 3 is 3.00 bits per heavy atom. The predicted molar refractivity (Wildman–Crippen MR) is 80.5 cm³/mol. The Bertz CT molecular complexity index is 742. The first-order chi connectivity index (χ1) is 9.74. The summed E-state index contributed by atoms with van der Waals surface area (Å²) >= 11 is 1.51. The molecule has 0 amide bonds. The van der Waals surface area contributed by atoms with Crippen molar-refractivity contribution in [2.45, 2.75) is 6.92 Å². The van der Waals surface area contributed by atoms with Gasteiger partial charge >= 0.3 is 0 Å². The van der Waals surface area contributed by atoms with Crippen LogP contribution in [0.1, 0.15) is 6.92 Å². The third kappa shape index (κ3) is 2.62. The summed E-state index contributed by atoms with van der Waals surface area (Å²) in [5.41, 5.74) is 6.52. The number of ether oxygens (including phenoxy) is 1. The van der Waals surface area contributed by atoms with Crippen LogP contribution in [-0.2, 0) is 0 Å². The van der Waals surface area contributed by atoms with Crippen LogP contribution in [-0.4, -0.2) is 21.6 Å². The van der Waals surface area contributed by atoms with Crippen molar-refractivity contribution in [3.63, 3.8) is 0 Å². The molecule has 3 N–H and O–H groups in total. The highest BCUT2D eigenvalue weighted by Gasteiger charge is 2.06. The lowest BCUT2D eigenvalue weighted by Crippen LogP contribution is -1.98. The minimum absolute atomic E-state index is 0.419. The molecule has 6 nitrogen and oxygen atoms in total. The molecule has 0 saturated heterocycles. The Kier molecular flexibility index (Phi) is 3.34. The molecule has 0 radical (unpaired) electrons. The van der Waals surface area contributed by atoms with Gasteiger partial charge in [0.25, 0.3) is 0 Å². The molecule has 0 atom stereocenters. The molecule has 0 bridgehead atoms. The van der Waals surface area contributed by atoms with Gasteiger partial charge in [0.15, 0.2) is 5.13 Å². The molecule has 3 rings (SSSR count). The average Bonchev–Trinajstić information content (AvgIpc) is 2.80. The van der Waals surface area contributed by atoms with Crippen LogP contribution in [0.4, 0.5) is 16.9 Å². The van der Waals surface area contributed by atoms with E-state index in [0.717, 1.165) is 21.1 Å². The summed E-state index contributed by atoms with van der Waals surface area (Å²) < 4.78 is 6.52. The third-order valence-electron chi connectivity index (χ3n) is 2.57. The lowest BCUT2D eigenvalue weighted by molar-refractivity contribution is 0.341. The summed E-state index contributed by atoms with van der Waals surface area (Å²) in [6.07, 6.45) is 1.60. The Morgan fingerprint density at radius 1 is 1.30 bits per heavy atom. The summed E-state index contributed by atoms with van der Waals surface area (Å²) in [6.45, 7) is 2.60. The molecule has 0 aliphatic heterocycles. The molecule has 3 aromatic rings. The number of aromatic nitrogens is 3. The van der Waals surface area contributed by atoms with Gasteiger partial charge in [-0.2, -0.15) is 4.98 Å². The van der Waals surface area contributed by atoms with E-state index in [1.165, 1.54) is 11.3 Å². The zero-order valence-corrected chi connectivity index (χ0v) is 11.6. The second-order valence-corrected chi connectivity index (χ2v) is 5.04. The molecular formula is C13H13N5OS. The largest absolute Gasteiger partial charge is 0.494 e. The first-order valence-electron chi connectivity index (χ1n) is 6.13. The number of nitrogens with zero attached hydrogens (tertiary/aromatic N) is 3. The van der Waals surface area contributed by atoms with E-state index in [2.05, 4.69) is 20.3 Å². The first kappa shape index (κ1) is 12.6. The van der Waals surface area contributed by atoms with Crippen LogP contribution in [0.3, 0.4) is 0 Å². The van der Waals surface area contributed by atoms with Gasteiger partial charge in [-0.05, 0) is 31.2 Å². The first-order valence-corrected chi connectivity index (χ1v) is 6.95. The van der Waals surface area contributed by atoms with Crippen molar-refractivity contribution in [3.8, 4) is 5.75 Å². The van der Waals surface area contributed by atoms with Crippen LogP contribution in [0.2, 0.25) is 0 Å². The standard InChI is InChI=1S/C13H13N5OS/c1-2-19-8-3-4-9-10(7-8)20-13(16-9)18-12-15-6-5-11(14)17-12/h3-7H,2H2,1H3,(H3,14,15,16,17,18). The van der Waals surface area contributed by atoms with E-state index < -0.39 is 0 Å². The molecular weight excluding hydrogens is 274 g/mol. The number of rotatable bonds is 4. The molecule has 0 spiro atoms. The summed E-state index contributed by atoms with van der Waals surface area (Å²) in [6, 6.07) is 7.45. The van der Waals surface area contributed by atoms with Crippen molar-refractivity contribution in [2.75, 3.05) is 17.7 Å². The minimum Gasteiger partial charge on any atom is -0.494 e. The fraction of sp³-hybridized carbons (Fsp3) is 0.154. The van der Waals surface area contributed by atoms with E-state index in [1.807, 2.05) is 25.1 Å². The zero-order chi connectivity index (χ0) is 13.9. The smallest absolute Gasteiger partial charge is 0.230 e. The normalized spacial score (nSPS) is 10.7. The maximum Gasteiger partial charge on any atom is 0.230 e. The molecule has 20 heavy (non-hydrogen) atoms. The molecule has 102 valence electrons. The lowest BCUT2D eigenvalue weighted by atomic mass is 10.3. The van der Waals surface area contributed by atoms with Crippen molar-refractivity contribution >= 4 is 38.5 Å². The number of nitrogens with two attached hydrogens (primary N) is 1. The molecule has 2 heterocycles. The van der Waals surface area contributed by atoms with Crippen molar-refractivity contribution in [1.82, 2.24) is 15.0 Å². The Morgan fingerprint density at radius 2 is 2.20 bits per heavy atom. The van der Waals surface area contributed by atoms with Crippen LogP contribution >= 0.6 is 11.3 Å². The van der Waals surface area contributed by atoms with Gasteiger partial charge in [-0.1, -0.05) is 11.3 Å². The molecule has 0 aliphatic rings. The summed E-state index contributed by atoms with van der Waals surface area (Å²) in [5, 5.41) is 3.77. The van der Waals surface area contributed by atoms with Crippen molar-refractivity contribution in [2.24, 2.45) is 0 Å². The molecule has 0 fully saturated rings. The van der Waals surface area contributed by atoms with Crippen LogP contribution in [0.5, 0.6) is 5.75 Å². The maximum absolute atomic E-state index is 5.62. The number of hydrogen-bond acceptors (Lipinski definition) is 7. The molecule has 0 unspecified atom stereocenters. The van der Waals surface area contributed by atoms with E-state index >= 15 is 0 Å². The SMILES string of the molecule is CCOc1ccc2nc(Nc3nccc(N)n3)sc2c1.